The third-order valence-electron chi connectivity index (χ3n) is 5.89. The van der Waals surface area contributed by atoms with E-state index >= 15 is 0 Å². The van der Waals surface area contributed by atoms with Crippen LogP contribution in [0.25, 0.3) is 0 Å². The lowest BCUT2D eigenvalue weighted by Gasteiger charge is -2.39. The Kier molecular flexibility index (Phi) is 6.86. The van der Waals surface area contributed by atoms with E-state index in [4.69, 9.17) is 9.90 Å². The molecule has 3 aliphatic rings. The Hall–Kier alpha value is -2.65. The van der Waals surface area contributed by atoms with Gasteiger partial charge in [0, 0.05) is 25.1 Å². The molecule has 0 bridgehead atoms. The van der Waals surface area contributed by atoms with Gasteiger partial charge in [0.05, 0.1) is 24.3 Å². The zero-order chi connectivity index (χ0) is 22.8. The number of hydrogen-bond donors (Lipinski definition) is 1. The molecule has 1 N–H and O–H groups in total. The second kappa shape index (κ2) is 9.23. The average molecular weight is 441 g/mol. The van der Waals surface area contributed by atoms with Gasteiger partial charge >= 0.3 is 12.1 Å². The number of pyridine rings is 1. The Bertz CT molecular complexity index is 841. The van der Waals surface area contributed by atoms with Crippen LogP contribution in [0.1, 0.15) is 49.9 Å². The van der Waals surface area contributed by atoms with Crippen molar-refractivity contribution in [3.8, 4) is 0 Å². The van der Waals surface area contributed by atoms with Crippen LogP contribution in [0.3, 0.4) is 0 Å². The van der Waals surface area contributed by atoms with Crippen molar-refractivity contribution in [2.24, 2.45) is 5.92 Å². The number of likely N-dealkylation sites (tertiary alicyclic amines) is 2. The van der Waals surface area contributed by atoms with Crippen molar-refractivity contribution in [2.45, 2.75) is 70.3 Å². The molecule has 1 aromatic heterocycles. The Morgan fingerprint density at radius 1 is 1.16 bits per heavy atom. The summed E-state index contributed by atoms with van der Waals surface area (Å²) in [6.07, 6.45) is 0.293. The first-order valence-corrected chi connectivity index (χ1v) is 10.4. The summed E-state index contributed by atoms with van der Waals surface area (Å²) < 4.78 is 31.7. The van der Waals surface area contributed by atoms with Crippen LogP contribution in [0.15, 0.2) is 18.2 Å². The highest BCUT2D eigenvalue weighted by atomic mass is 19.4. The normalized spacial score (nSPS) is 23.2. The maximum atomic E-state index is 12.6. The minimum Gasteiger partial charge on any atom is -0.475 e. The fourth-order valence-electron chi connectivity index (χ4n) is 4.21. The van der Waals surface area contributed by atoms with E-state index in [1.54, 1.807) is 0 Å². The molecule has 4 rings (SSSR count). The summed E-state index contributed by atoms with van der Waals surface area (Å²) in [5.41, 5.74) is 1.91. The minimum absolute atomic E-state index is 0.164. The Morgan fingerprint density at radius 3 is 2.42 bits per heavy atom. The Morgan fingerprint density at radius 2 is 1.84 bits per heavy atom. The van der Waals surface area contributed by atoms with Gasteiger partial charge < -0.3 is 14.9 Å². The maximum Gasteiger partial charge on any atom is 0.490 e. The number of halogens is 3. The molecule has 2 aliphatic heterocycles. The van der Waals surface area contributed by atoms with Gasteiger partial charge in [-0.05, 0) is 50.7 Å². The first-order chi connectivity index (χ1) is 14.6. The van der Waals surface area contributed by atoms with E-state index in [0.29, 0.717) is 31.2 Å². The molecule has 2 saturated heterocycles. The number of carboxylic acid groups (broad SMARTS) is 1. The van der Waals surface area contributed by atoms with Gasteiger partial charge in [-0.15, -0.1) is 0 Å². The molecule has 170 valence electrons. The van der Waals surface area contributed by atoms with Crippen molar-refractivity contribution in [2.75, 3.05) is 6.54 Å². The molecule has 0 radical (unpaired) electrons. The third kappa shape index (κ3) is 5.95. The molecule has 2 amide bonds. The number of aryl methyl sites for hydroxylation is 1. The number of fused-ring (bicyclic) bond motifs is 1. The quantitative estimate of drug-likeness (QED) is 0.776. The summed E-state index contributed by atoms with van der Waals surface area (Å²) in [6, 6.07) is 6.31. The molecular formula is C21H26F3N3O4. The van der Waals surface area contributed by atoms with Crippen molar-refractivity contribution in [3.05, 3.63) is 29.6 Å². The van der Waals surface area contributed by atoms with Crippen LogP contribution in [0.5, 0.6) is 0 Å². The van der Waals surface area contributed by atoms with Crippen molar-refractivity contribution < 1.29 is 32.7 Å². The van der Waals surface area contributed by atoms with Crippen molar-refractivity contribution in [1.29, 1.82) is 0 Å². The molecule has 31 heavy (non-hydrogen) atoms. The number of hydrogen-bond acceptors (Lipinski definition) is 4. The molecule has 3 heterocycles. The summed E-state index contributed by atoms with van der Waals surface area (Å²) in [6.45, 7) is 3.33. The third-order valence-corrected chi connectivity index (χ3v) is 5.89. The largest absolute Gasteiger partial charge is 0.490 e. The Labute approximate surface area is 178 Å². The van der Waals surface area contributed by atoms with E-state index < -0.39 is 12.1 Å². The minimum atomic E-state index is -5.08. The summed E-state index contributed by atoms with van der Waals surface area (Å²) >= 11 is 0. The highest BCUT2D eigenvalue weighted by Gasteiger charge is 2.45. The van der Waals surface area contributed by atoms with E-state index in [9.17, 15) is 22.8 Å². The average Bonchev–Trinajstić information content (AvgIpc) is 3.38. The van der Waals surface area contributed by atoms with Crippen LogP contribution in [-0.4, -0.2) is 62.5 Å². The van der Waals surface area contributed by atoms with Gasteiger partial charge in [0.2, 0.25) is 11.8 Å². The smallest absolute Gasteiger partial charge is 0.475 e. The second-order valence-corrected chi connectivity index (χ2v) is 8.29. The van der Waals surface area contributed by atoms with E-state index in [1.165, 1.54) is 12.8 Å². The molecule has 1 aliphatic carbocycles. The number of carbonyl (C=O) groups is 3. The number of aromatic nitrogens is 1. The summed E-state index contributed by atoms with van der Waals surface area (Å²) in [4.78, 5) is 42.5. The lowest BCUT2D eigenvalue weighted by molar-refractivity contribution is -0.192. The fraction of sp³-hybridized carbons (Fsp3) is 0.619. The monoisotopic (exact) mass is 441 g/mol. The molecule has 3 fully saturated rings. The Balaban J connectivity index is 0.000000339. The molecule has 2 atom stereocenters. The van der Waals surface area contributed by atoms with Gasteiger partial charge in [-0.3, -0.25) is 14.6 Å². The zero-order valence-corrected chi connectivity index (χ0v) is 17.3. The van der Waals surface area contributed by atoms with Crippen LogP contribution in [-0.2, 0) is 20.9 Å². The number of rotatable bonds is 4. The van der Waals surface area contributed by atoms with Gasteiger partial charge in [-0.25, -0.2) is 4.79 Å². The van der Waals surface area contributed by atoms with Gasteiger partial charge in [-0.2, -0.15) is 13.2 Å². The van der Waals surface area contributed by atoms with Crippen molar-refractivity contribution in [1.82, 2.24) is 14.8 Å². The van der Waals surface area contributed by atoms with Gasteiger partial charge in [0.25, 0.3) is 0 Å². The first kappa shape index (κ1) is 23.0. The molecule has 1 aromatic rings. The van der Waals surface area contributed by atoms with Crippen molar-refractivity contribution in [3.63, 3.8) is 0 Å². The number of carbonyl (C=O) groups excluding carboxylic acids is 2. The maximum absolute atomic E-state index is 12.6. The van der Waals surface area contributed by atoms with E-state index in [2.05, 4.69) is 9.88 Å². The number of alkyl halides is 3. The number of carboxylic acids is 1. The van der Waals surface area contributed by atoms with Gasteiger partial charge in [-0.1, -0.05) is 6.07 Å². The van der Waals surface area contributed by atoms with E-state index in [0.717, 1.165) is 30.8 Å². The lowest BCUT2D eigenvalue weighted by Crippen LogP contribution is -2.52. The van der Waals surface area contributed by atoms with Crippen molar-refractivity contribution >= 4 is 17.8 Å². The summed E-state index contributed by atoms with van der Waals surface area (Å²) in [7, 11) is 0. The van der Waals surface area contributed by atoms with Crippen LogP contribution >= 0.6 is 0 Å². The topological polar surface area (TPSA) is 90.8 Å². The summed E-state index contributed by atoms with van der Waals surface area (Å²) in [5.74, 6) is -1.63. The van der Waals surface area contributed by atoms with Gasteiger partial charge in [0.15, 0.2) is 0 Å². The standard InChI is InChI=1S/C19H25N3O2.C2HF3O2/c1-13-3-2-4-15(20-13)12-22-17-9-10-21(16(17)7-8-18(22)23)19(24)11-14-5-6-14;3-2(4,5)1(6)7/h2-4,14,16-17H,5-12H2,1H3;(H,6,7)/t16-,17-;/m1./s1. The predicted molar refractivity (Wildman–Crippen MR) is 104 cm³/mol. The number of nitrogens with zero attached hydrogens (tertiary/aromatic N) is 3. The molecule has 0 unspecified atom stereocenters. The van der Waals surface area contributed by atoms with Crippen LogP contribution in [0.2, 0.25) is 0 Å². The zero-order valence-electron chi connectivity index (χ0n) is 17.3. The van der Waals surface area contributed by atoms with E-state index in [1.807, 2.05) is 30.0 Å². The molecule has 7 nitrogen and oxygen atoms in total. The fourth-order valence-corrected chi connectivity index (χ4v) is 4.21. The van der Waals surface area contributed by atoms with Crippen LogP contribution in [0.4, 0.5) is 13.2 Å². The van der Waals surface area contributed by atoms with Gasteiger partial charge in [0.1, 0.15) is 0 Å². The number of piperidine rings is 1. The molecular weight excluding hydrogens is 415 g/mol. The molecule has 0 aromatic carbocycles. The lowest BCUT2D eigenvalue weighted by atomic mass is 9.95. The summed E-state index contributed by atoms with van der Waals surface area (Å²) in [5, 5.41) is 7.12. The van der Waals surface area contributed by atoms with Crippen LogP contribution in [0, 0.1) is 12.8 Å². The first-order valence-electron chi connectivity index (χ1n) is 10.4. The van der Waals surface area contributed by atoms with Crippen LogP contribution < -0.4 is 0 Å². The predicted octanol–water partition coefficient (Wildman–Crippen LogP) is 2.92. The number of aliphatic carboxylic acids is 1. The highest BCUT2D eigenvalue weighted by molar-refractivity contribution is 5.80. The van der Waals surface area contributed by atoms with E-state index in [-0.39, 0.29) is 18.0 Å². The SMILES string of the molecule is Cc1cccc(CN2C(=O)CC[C@@H]3[C@H]2CCN3C(=O)CC2CC2)n1.O=C(O)C(F)(F)F. The molecule has 10 heteroatoms. The molecule has 0 spiro atoms. The number of amides is 2. The highest BCUT2D eigenvalue weighted by Crippen LogP contribution is 2.37. The second-order valence-electron chi connectivity index (χ2n) is 8.29. The molecule has 1 saturated carbocycles.